The van der Waals surface area contributed by atoms with E-state index in [1.54, 1.807) is 4.90 Å². The molecule has 0 aliphatic carbocycles. The van der Waals surface area contributed by atoms with E-state index in [0.29, 0.717) is 13.0 Å². The molecule has 2 unspecified atom stereocenters. The number of nitrogens with zero attached hydrogens (tertiary/aromatic N) is 1. The first-order valence-electron chi connectivity index (χ1n) is 4.58. The van der Waals surface area contributed by atoms with Gasteiger partial charge < -0.3 is 10.0 Å². The normalized spacial score (nSPS) is 27.7. The first-order chi connectivity index (χ1) is 6.07. The van der Waals surface area contributed by atoms with Crippen molar-refractivity contribution >= 4 is 11.9 Å². The molecule has 1 aliphatic heterocycles. The highest BCUT2D eigenvalue weighted by Crippen LogP contribution is 2.26. The highest BCUT2D eigenvalue weighted by atomic mass is 16.4. The fourth-order valence-electron chi connectivity index (χ4n) is 2.04. The summed E-state index contributed by atoms with van der Waals surface area (Å²) in [6.07, 6.45) is 1.31. The standard InChI is InChI=1S/C9H15NO3/c1-3-8-7(9(12)13)4-5-10(8)6(2)11/h7-8H,3-5H2,1-2H3,(H,12,13). The van der Waals surface area contributed by atoms with Gasteiger partial charge in [0.25, 0.3) is 0 Å². The van der Waals surface area contributed by atoms with Crippen molar-refractivity contribution in [2.75, 3.05) is 6.54 Å². The number of hydrogen-bond donors (Lipinski definition) is 1. The third-order valence-corrected chi connectivity index (χ3v) is 2.69. The molecule has 0 radical (unpaired) electrons. The van der Waals surface area contributed by atoms with Crippen LogP contribution in [0.1, 0.15) is 26.7 Å². The Hall–Kier alpha value is -1.06. The second kappa shape index (κ2) is 3.77. The smallest absolute Gasteiger partial charge is 0.308 e. The van der Waals surface area contributed by atoms with E-state index in [4.69, 9.17) is 5.11 Å². The van der Waals surface area contributed by atoms with Gasteiger partial charge in [0.1, 0.15) is 0 Å². The summed E-state index contributed by atoms with van der Waals surface area (Å²) in [7, 11) is 0. The fraction of sp³-hybridized carbons (Fsp3) is 0.778. The van der Waals surface area contributed by atoms with Gasteiger partial charge in [0.05, 0.1) is 5.92 Å². The van der Waals surface area contributed by atoms with Crippen LogP contribution in [0, 0.1) is 5.92 Å². The van der Waals surface area contributed by atoms with Gasteiger partial charge in [0.2, 0.25) is 5.91 Å². The molecule has 0 spiro atoms. The lowest BCUT2D eigenvalue weighted by atomic mass is 9.99. The highest BCUT2D eigenvalue weighted by molar-refractivity contribution is 5.77. The van der Waals surface area contributed by atoms with Crippen molar-refractivity contribution < 1.29 is 14.7 Å². The molecule has 1 aliphatic rings. The van der Waals surface area contributed by atoms with Crippen LogP contribution in [-0.4, -0.2) is 34.5 Å². The Kier molecular flexibility index (Phi) is 2.90. The molecule has 74 valence electrons. The quantitative estimate of drug-likeness (QED) is 0.689. The third kappa shape index (κ3) is 1.82. The van der Waals surface area contributed by atoms with Crippen LogP contribution in [-0.2, 0) is 9.59 Å². The first-order valence-corrected chi connectivity index (χ1v) is 4.58. The summed E-state index contributed by atoms with van der Waals surface area (Å²) < 4.78 is 0. The number of likely N-dealkylation sites (tertiary alicyclic amines) is 1. The number of rotatable bonds is 2. The van der Waals surface area contributed by atoms with Crippen molar-refractivity contribution in [3.63, 3.8) is 0 Å². The molecule has 4 nitrogen and oxygen atoms in total. The summed E-state index contributed by atoms with van der Waals surface area (Å²) in [6, 6.07) is -0.102. The Balaban J connectivity index is 2.74. The van der Waals surface area contributed by atoms with E-state index in [-0.39, 0.29) is 17.9 Å². The van der Waals surface area contributed by atoms with Gasteiger partial charge in [-0.25, -0.2) is 0 Å². The van der Waals surface area contributed by atoms with Gasteiger partial charge >= 0.3 is 5.97 Å². The molecule has 1 heterocycles. The topological polar surface area (TPSA) is 57.6 Å². The van der Waals surface area contributed by atoms with Crippen molar-refractivity contribution in [1.82, 2.24) is 4.90 Å². The Morgan fingerprint density at radius 1 is 1.54 bits per heavy atom. The maximum Gasteiger partial charge on any atom is 0.308 e. The zero-order valence-electron chi connectivity index (χ0n) is 7.99. The predicted octanol–water partition coefficient (Wildman–Crippen LogP) is 0.718. The first kappa shape index (κ1) is 10.0. The van der Waals surface area contributed by atoms with Crippen LogP contribution in [0.25, 0.3) is 0 Å². The molecule has 0 aromatic rings. The molecular formula is C9H15NO3. The van der Waals surface area contributed by atoms with Gasteiger partial charge in [-0.2, -0.15) is 0 Å². The lowest BCUT2D eigenvalue weighted by molar-refractivity contribution is -0.143. The van der Waals surface area contributed by atoms with E-state index in [1.165, 1.54) is 6.92 Å². The number of carboxylic acid groups (broad SMARTS) is 1. The maximum absolute atomic E-state index is 11.1. The van der Waals surface area contributed by atoms with Gasteiger partial charge in [-0.15, -0.1) is 0 Å². The van der Waals surface area contributed by atoms with Gasteiger partial charge in [0.15, 0.2) is 0 Å². The van der Waals surface area contributed by atoms with Crippen molar-refractivity contribution in [1.29, 1.82) is 0 Å². The Labute approximate surface area is 77.5 Å². The summed E-state index contributed by atoms with van der Waals surface area (Å²) in [4.78, 5) is 23.6. The van der Waals surface area contributed by atoms with Crippen LogP contribution in [0.3, 0.4) is 0 Å². The minimum Gasteiger partial charge on any atom is -0.481 e. The molecule has 1 N–H and O–H groups in total. The van der Waals surface area contributed by atoms with Gasteiger partial charge in [0, 0.05) is 19.5 Å². The molecular weight excluding hydrogens is 170 g/mol. The van der Waals surface area contributed by atoms with E-state index in [0.717, 1.165) is 6.42 Å². The van der Waals surface area contributed by atoms with Crippen LogP contribution >= 0.6 is 0 Å². The highest BCUT2D eigenvalue weighted by Gasteiger charge is 2.38. The number of hydrogen-bond acceptors (Lipinski definition) is 2. The molecule has 0 aromatic carbocycles. The Bertz CT molecular complexity index is 205. The zero-order valence-corrected chi connectivity index (χ0v) is 7.99. The minimum absolute atomic E-state index is 0.0180. The number of carbonyl (C=O) groups is 2. The second-order valence-corrected chi connectivity index (χ2v) is 3.42. The van der Waals surface area contributed by atoms with E-state index < -0.39 is 5.97 Å². The van der Waals surface area contributed by atoms with Crippen molar-refractivity contribution in [2.45, 2.75) is 32.7 Å². The molecule has 1 fully saturated rings. The lowest BCUT2D eigenvalue weighted by Crippen LogP contribution is -2.37. The summed E-state index contributed by atoms with van der Waals surface area (Å²) in [6.45, 7) is 4.00. The largest absolute Gasteiger partial charge is 0.481 e. The van der Waals surface area contributed by atoms with Crippen molar-refractivity contribution in [3.8, 4) is 0 Å². The molecule has 1 saturated heterocycles. The van der Waals surface area contributed by atoms with E-state index >= 15 is 0 Å². The fourth-order valence-corrected chi connectivity index (χ4v) is 2.04. The van der Waals surface area contributed by atoms with Crippen LogP contribution in [0.5, 0.6) is 0 Å². The number of carbonyl (C=O) groups excluding carboxylic acids is 1. The molecule has 4 heteroatoms. The molecule has 0 bridgehead atoms. The predicted molar refractivity (Wildman–Crippen MR) is 47.2 cm³/mol. The number of aliphatic carboxylic acids is 1. The molecule has 0 saturated carbocycles. The maximum atomic E-state index is 11.1. The number of amides is 1. The number of carboxylic acids is 1. The second-order valence-electron chi connectivity index (χ2n) is 3.42. The molecule has 2 atom stereocenters. The average molecular weight is 185 g/mol. The van der Waals surface area contributed by atoms with E-state index in [2.05, 4.69) is 0 Å². The van der Waals surface area contributed by atoms with Crippen LogP contribution in [0.15, 0.2) is 0 Å². The van der Waals surface area contributed by atoms with Gasteiger partial charge in [-0.1, -0.05) is 6.92 Å². The molecule has 0 aromatic heterocycles. The van der Waals surface area contributed by atoms with Gasteiger partial charge in [-0.05, 0) is 12.8 Å². The molecule has 1 rings (SSSR count). The van der Waals surface area contributed by atoms with Gasteiger partial charge in [-0.3, -0.25) is 9.59 Å². The average Bonchev–Trinajstić information content (AvgIpc) is 2.46. The summed E-state index contributed by atoms with van der Waals surface area (Å²) in [5.74, 6) is -1.17. The van der Waals surface area contributed by atoms with Crippen LogP contribution < -0.4 is 0 Å². The molecule has 13 heavy (non-hydrogen) atoms. The monoisotopic (exact) mass is 185 g/mol. The Morgan fingerprint density at radius 2 is 2.15 bits per heavy atom. The Morgan fingerprint density at radius 3 is 2.54 bits per heavy atom. The summed E-state index contributed by atoms with van der Waals surface area (Å²) in [5.41, 5.74) is 0. The third-order valence-electron chi connectivity index (χ3n) is 2.69. The van der Waals surface area contributed by atoms with E-state index in [1.807, 2.05) is 6.92 Å². The molecule has 1 amide bonds. The van der Waals surface area contributed by atoms with Crippen molar-refractivity contribution in [3.05, 3.63) is 0 Å². The van der Waals surface area contributed by atoms with Crippen LogP contribution in [0.2, 0.25) is 0 Å². The van der Waals surface area contributed by atoms with Crippen molar-refractivity contribution in [2.24, 2.45) is 5.92 Å². The summed E-state index contributed by atoms with van der Waals surface area (Å²) in [5, 5.41) is 8.88. The lowest BCUT2D eigenvalue weighted by Gasteiger charge is -2.24. The minimum atomic E-state index is -0.782. The SMILES string of the molecule is CCC1C(C(=O)O)CCN1C(C)=O. The zero-order chi connectivity index (χ0) is 10.0. The van der Waals surface area contributed by atoms with E-state index in [9.17, 15) is 9.59 Å². The summed E-state index contributed by atoms with van der Waals surface area (Å²) >= 11 is 0. The van der Waals surface area contributed by atoms with Crippen LogP contribution in [0.4, 0.5) is 0 Å².